The predicted molar refractivity (Wildman–Crippen MR) is 86.1 cm³/mol. The van der Waals surface area contributed by atoms with E-state index in [1.165, 1.54) is 0 Å². The summed E-state index contributed by atoms with van der Waals surface area (Å²) in [6.07, 6.45) is 4.34. The van der Waals surface area contributed by atoms with Crippen molar-refractivity contribution >= 4 is 17.3 Å². The summed E-state index contributed by atoms with van der Waals surface area (Å²) in [5.74, 6) is 0.206. The van der Waals surface area contributed by atoms with Gasteiger partial charge in [0.2, 0.25) is 0 Å². The molecule has 0 heterocycles. The highest BCUT2D eigenvalue weighted by Crippen LogP contribution is 2.33. The van der Waals surface area contributed by atoms with Crippen LogP contribution in [0.15, 0.2) is 18.2 Å². The Labute approximate surface area is 135 Å². The summed E-state index contributed by atoms with van der Waals surface area (Å²) in [4.78, 5) is 2.20. The Morgan fingerprint density at radius 1 is 1.36 bits per heavy atom. The molecule has 6 heteroatoms. The third-order valence-electron chi connectivity index (χ3n) is 4.12. The van der Waals surface area contributed by atoms with E-state index in [0.717, 1.165) is 31.4 Å². The number of hydrogen-bond donors (Lipinski definition) is 1. The summed E-state index contributed by atoms with van der Waals surface area (Å²) < 4.78 is 29.2. The molecular formula is C16H23ClF2N2O. The van der Waals surface area contributed by atoms with E-state index in [1.54, 1.807) is 19.1 Å². The van der Waals surface area contributed by atoms with Crippen LogP contribution in [0.4, 0.5) is 14.5 Å². The molecule has 2 rings (SSSR count). The van der Waals surface area contributed by atoms with E-state index in [2.05, 4.69) is 9.64 Å². The van der Waals surface area contributed by atoms with Crippen LogP contribution < -0.4 is 15.4 Å². The van der Waals surface area contributed by atoms with Crippen molar-refractivity contribution < 1.29 is 13.5 Å². The zero-order chi connectivity index (χ0) is 16.1. The number of nitrogens with two attached hydrogens (primary N) is 1. The number of ether oxygens (including phenoxy) is 1. The Hall–Kier alpha value is -1.07. The molecule has 2 atom stereocenters. The fourth-order valence-electron chi connectivity index (χ4n) is 3.08. The van der Waals surface area contributed by atoms with Gasteiger partial charge in [-0.3, -0.25) is 0 Å². The SMILES string of the molecule is Cc1cc(N(CCN)C2CCCCC2Cl)ccc1OC(F)F. The first-order valence-electron chi connectivity index (χ1n) is 7.69. The largest absolute Gasteiger partial charge is 0.435 e. The molecule has 0 radical (unpaired) electrons. The van der Waals surface area contributed by atoms with Gasteiger partial charge in [-0.15, -0.1) is 11.6 Å². The maximum Gasteiger partial charge on any atom is 0.387 e. The molecule has 2 unspecified atom stereocenters. The summed E-state index contributed by atoms with van der Waals surface area (Å²) in [6, 6.07) is 5.50. The average Bonchev–Trinajstić information content (AvgIpc) is 2.47. The Morgan fingerprint density at radius 2 is 2.09 bits per heavy atom. The number of aryl methyl sites for hydroxylation is 1. The van der Waals surface area contributed by atoms with E-state index in [4.69, 9.17) is 17.3 Å². The van der Waals surface area contributed by atoms with E-state index in [9.17, 15) is 8.78 Å². The first-order chi connectivity index (χ1) is 10.5. The van der Waals surface area contributed by atoms with Gasteiger partial charge in [0.15, 0.2) is 0 Å². The van der Waals surface area contributed by atoms with Gasteiger partial charge in [0.25, 0.3) is 0 Å². The van der Waals surface area contributed by atoms with Crippen LogP contribution in [-0.4, -0.2) is 31.1 Å². The van der Waals surface area contributed by atoms with Crippen LogP contribution in [0.5, 0.6) is 5.75 Å². The standard InChI is InChI=1S/C16H23ClF2N2O/c1-11-10-12(6-7-15(11)22-16(18)19)21(9-8-20)14-5-3-2-4-13(14)17/h6-7,10,13-14,16H,2-5,8-9,20H2,1H3. The molecule has 2 N–H and O–H groups in total. The number of nitrogens with zero attached hydrogens (tertiary/aromatic N) is 1. The molecule has 0 saturated heterocycles. The first kappa shape index (κ1) is 17.3. The zero-order valence-corrected chi connectivity index (χ0v) is 13.5. The lowest BCUT2D eigenvalue weighted by Crippen LogP contribution is -2.45. The van der Waals surface area contributed by atoms with Gasteiger partial charge < -0.3 is 15.4 Å². The Bertz CT molecular complexity index is 487. The second-order valence-electron chi connectivity index (χ2n) is 5.68. The van der Waals surface area contributed by atoms with Crippen LogP contribution in [0, 0.1) is 6.92 Å². The zero-order valence-electron chi connectivity index (χ0n) is 12.8. The lowest BCUT2D eigenvalue weighted by molar-refractivity contribution is -0.0502. The second kappa shape index (κ2) is 7.97. The molecule has 1 aliphatic carbocycles. The summed E-state index contributed by atoms with van der Waals surface area (Å²) in [7, 11) is 0. The normalized spacial score (nSPS) is 21.9. The fraction of sp³-hybridized carbons (Fsp3) is 0.625. The molecule has 22 heavy (non-hydrogen) atoms. The molecular weight excluding hydrogens is 310 g/mol. The van der Waals surface area contributed by atoms with Gasteiger partial charge in [-0.1, -0.05) is 12.8 Å². The van der Waals surface area contributed by atoms with E-state index in [1.807, 2.05) is 6.07 Å². The molecule has 0 amide bonds. The lowest BCUT2D eigenvalue weighted by atomic mass is 9.93. The van der Waals surface area contributed by atoms with Crippen molar-refractivity contribution in [2.45, 2.75) is 50.6 Å². The summed E-state index contributed by atoms with van der Waals surface area (Å²) in [6.45, 7) is 0.174. The summed E-state index contributed by atoms with van der Waals surface area (Å²) >= 11 is 6.50. The average molecular weight is 333 g/mol. The van der Waals surface area contributed by atoms with Gasteiger partial charge in [-0.25, -0.2) is 0 Å². The topological polar surface area (TPSA) is 38.5 Å². The van der Waals surface area contributed by atoms with Gasteiger partial charge in [-0.05, 0) is 43.5 Å². The van der Waals surface area contributed by atoms with Crippen LogP contribution in [0.1, 0.15) is 31.2 Å². The Balaban J connectivity index is 2.22. The predicted octanol–water partition coefficient (Wildman–Crippen LogP) is 3.91. The third-order valence-corrected chi connectivity index (χ3v) is 4.63. The van der Waals surface area contributed by atoms with Crippen LogP contribution >= 0.6 is 11.6 Å². The highest BCUT2D eigenvalue weighted by molar-refractivity contribution is 6.21. The molecule has 1 aromatic rings. The number of halogens is 3. The minimum atomic E-state index is -2.81. The van der Waals surface area contributed by atoms with Crippen LogP contribution in [-0.2, 0) is 0 Å². The number of benzene rings is 1. The van der Waals surface area contributed by atoms with Crippen molar-refractivity contribution in [2.75, 3.05) is 18.0 Å². The Kier molecular flexibility index (Phi) is 6.26. The van der Waals surface area contributed by atoms with Crippen molar-refractivity contribution in [2.24, 2.45) is 5.73 Å². The van der Waals surface area contributed by atoms with Crippen LogP contribution in [0.2, 0.25) is 0 Å². The number of hydrogen-bond acceptors (Lipinski definition) is 3. The smallest absolute Gasteiger partial charge is 0.387 e. The van der Waals surface area contributed by atoms with E-state index in [0.29, 0.717) is 18.7 Å². The molecule has 1 fully saturated rings. The first-order valence-corrected chi connectivity index (χ1v) is 8.13. The van der Waals surface area contributed by atoms with Gasteiger partial charge in [0.1, 0.15) is 5.75 Å². The molecule has 124 valence electrons. The second-order valence-corrected chi connectivity index (χ2v) is 6.24. The molecule has 1 aromatic carbocycles. The quantitative estimate of drug-likeness (QED) is 0.803. The summed E-state index contributed by atoms with van der Waals surface area (Å²) in [5.41, 5.74) is 7.39. The van der Waals surface area contributed by atoms with Crippen LogP contribution in [0.3, 0.4) is 0 Å². The number of rotatable bonds is 6. The lowest BCUT2D eigenvalue weighted by Gasteiger charge is -2.39. The Morgan fingerprint density at radius 3 is 2.68 bits per heavy atom. The minimum Gasteiger partial charge on any atom is -0.435 e. The van der Waals surface area contributed by atoms with Gasteiger partial charge >= 0.3 is 6.61 Å². The van der Waals surface area contributed by atoms with Crippen molar-refractivity contribution in [3.05, 3.63) is 23.8 Å². The van der Waals surface area contributed by atoms with Gasteiger partial charge in [0, 0.05) is 24.8 Å². The fourth-order valence-corrected chi connectivity index (χ4v) is 3.50. The molecule has 1 saturated carbocycles. The maximum atomic E-state index is 12.4. The van der Waals surface area contributed by atoms with E-state index in [-0.39, 0.29) is 17.2 Å². The molecule has 1 aliphatic rings. The van der Waals surface area contributed by atoms with Crippen LogP contribution in [0.25, 0.3) is 0 Å². The van der Waals surface area contributed by atoms with Gasteiger partial charge in [0.05, 0.1) is 5.38 Å². The number of anilines is 1. The van der Waals surface area contributed by atoms with Crippen molar-refractivity contribution in [3.8, 4) is 5.75 Å². The van der Waals surface area contributed by atoms with E-state index >= 15 is 0 Å². The van der Waals surface area contributed by atoms with Crippen molar-refractivity contribution in [3.63, 3.8) is 0 Å². The van der Waals surface area contributed by atoms with E-state index < -0.39 is 6.61 Å². The number of alkyl halides is 3. The minimum absolute atomic E-state index is 0.0950. The molecule has 0 spiro atoms. The van der Waals surface area contributed by atoms with Gasteiger partial charge in [-0.2, -0.15) is 8.78 Å². The third kappa shape index (κ3) is 4.23. The van der Waals surface area contributed by atoms with Crippen molar-refractivity contribution in [1.29, 1.82) is 0 Å². The molecule has 3 nitrogen and oxygen atoms in total. The maximum absolute atomic E-state index is 12.4. The highest BCUT2D eigenvalue weighted by atomic mass is 35.5. The molecule has 0 aromatic heterocycles. The monoisotopic (exact) mass is 332 g/mol. The summed E-state index contributed by atoms with van der Waals surface area (Å²) in [5, 5.41) is 0.0950. The highest BCUT2D eigenvalue weighted by Gasteiger charge is 2.29. The van der Waals surface area contributed by atoms with Crippen molar-refractivity contribution in [1.82, 2.24) is 0 Å². The molecule has 0 aliphatic heterocycles. The molecule has 0 bridgehead atoms.